The van der Waals surface area contributed by atoms with Crippen LogP contribution in [0.5, 0.6) is 0 Å². The first kappa shape index (κ1) is 18.9. The third kappa shape index (κ3) is 3.89. The van der Waals surface area contributed by atoms with Gasteiger partial charge in [-0.2, -0.15) is 0 Å². The smallest absolute Gasteiger partial charge is 0.230 e. The fourth-order valence-corrected chi connectivity index (χ4v) is 5.08. The van der Waals surface area contributed by atoms with E-state index in [4.69, 9.17) is 0 Å². The van der Waals surface area contributed by atoms with Gasteiger partial charge < -0.3 is 4.90 Å². The van der Waals surface area contributed by atoms with Crippen molar-refractivity contribution in [3.05, 3.63) is 66.2 Å². The Bertz CT molecular complexity index is 802. The van der Waals surface area contributed by atoms with Gasteiger partial charge in [-0.1, -0.05) is 61.4 Å². The Labute approximate surface area is 167 Å². The van der Waals surface area contributed by atoms with Gasteiger partial charge in [0.25, 0.3) is 0 Å². The number of carbonyl (C=O) groups is 2. The highest BCUT2D eigenvalue weighted by Crippen LogP contribution is 2.43. The first-order valence-corrected chi connectivity index (χ1v) is 10.7. The number of para-hydroxylation sites is 1. The summed E-state index contributed by atoms with van der Waals surface area (Å²) < 4.78 is 0. The van der Waals surface area contributed by atoms with Crippen LogP contribution >= 0.6 is 0 Å². The van der Waals surface area contributed by atoms with Crippen LogP contribution in [0.4, 0.5) is 5.69 Å². The molecule has 2 aromatic rings. The van der Waals surface area contributed by atoms with E-state index in [1.54, 1.807) is 0 Å². The lowest BCUT2D eigenvalue weighted by Gasteiger charge is -2.36. The SMILES string of the molecule is O=C1CCCCC1C(c1ccccc1)C1CCCCN(c2ccccc2)C1=O. The van der Waals surface area contributed by atoms with E-state index in [0.29, 0.717) is 12.2 Å². The van der Waals surface area contributed by atoms with Gasteiger partial charge in [-0.15, -0.1) is 0 Å². The number of carbonyl (C=O) groups excluding carboxylic acids is 2. The van der Waals surface area contributed by atoms with Crippen LogP contribution in [0.15, 0.2) is 60.7 Å². The van der Waals surface area contributed by atoms with Crippen molar-refractivity contribution in [1.82, 2.24) is 0 Å². The lowest BCUT2D eigenvalue weighted by Crippen LogP contribution is -2.41. The van der Waals surface area contributed by atoms with Gasteiger partial charge in [0, 0.05) is 36.4 Å². The van der Waals surface area contributed by atoms with Crippen molar-refractivity contribution in [1.29, 1.82) is 0 Å². The van der Waals surface area contributed by atoms with Crippen LogP contribution in [0, 0.1) is 11.8 Å². The summed E-state index contributed by atoms with van der Waals surface area (Å²) in [7, 11) is 0. The summed E-state index contributed by atoms with van der Waals surface area (Å²) in [5.41, 5.74) is 2.12. The van der Waals surface area contributed by atoms with Crippen molar-refractivity contribution in [2.24, 2.45) is 11.8 Å². The van der Waals surface area contributed by atoms with E-state index in [1.165, 1.54) is 0 Å². The van der Waals surface area contributed by atoms with Crippen molar-refractivity contribution >= 4 is 17.4 Å². The molecule has 3 heteroatoms. The molecule has 1 aliphatic heterocycles. The van der Waals surface area contributed by atoms with Gasteiger partial charge in [-0.05, 0) is 43.4 Å². The van der Waals surface area contributed by atoms with E-state index in [2.05, 4.69) is 12.1 Å². The van der Waals surface area contributed by atoms with Gasteiger partial charge >= 0.3 is 0 Å². The number of amides is 1. The minimum atomic E-state index is -0.128. The summed E-state index contributed by atoms with van der Waals surface area (Å²) in [5, 5.41) is 0. The fourth-order valence-electron chi connectivity index (χ4n) is 5.08. The third-order valence-electron chi connectivity index (χ3n) is 6.45. The molecule has 1 saturated carbocycles. The summed E-state index contributed by atoms with van der Waals surface area (Å²) in [6.07, 6.45) is 6.56. The molecule has 3 unspecified atom stereocenters. The summed E-state index contributed by atoms with van der Waals surface area (Å²) in [6, 6.07) is 20.3. The Morgan fingerprint density at radius 1 is 0.750 bits per heavy atom. The highest BCUT2D eigenvalue weighted by atomic mass is 16.2. The molecule has 0 radical (unpaired) electrons. The van der Waals surface area contributed by atoms with Crippen LogP contribution in [0.25, 0.3) is 0 Å². The molecular weight excluding hydrogens is 346 g/mol. The molecule has 0 N–H and O–H groups in total. The molecule has 1 heterocycles. The first-order chi connectivity index (χ1) is 13.8. The average Bonchev–Trinajstić information content (AvgIpc) is 2.93. The Balaban J connectivity index is 1.71. The summed E-state index contributed by atoms with van der Waals surface area (Å²) in [4.78, 5) is 28.6. The van der Waals surface area contributed by atoms with Gasteiger partial charge in [0.15, 0.2) is 0 Å². The zero-order valence-corrected chi connectivity index (χ0v) is 16.4. The quantitative estimate of drug-likeness (QED) is 0.721. The zero-order chi connectivity index (χ0) is 19.3. The van der Waals surface area contributed by atoms with Crippen LogP contribution in [-0.4, -0.2) is 18.2 Å². The van der Waals surface area contributed by atoms with E-state index in [9.17, 15) is 9.59 Å². The van der Waals surface area contributed by atoms with Gasteiger partial charge in [-0.25, -0.2) is 0 Å². The molecular formula is C25H29NO2. The molecule has 1 amide bonds. The molecule has 1 aliphatic carbocycles. The summed E-state index contributed by atoms with van der Waals surface area (Å²) in [6.45, 7) is 0.763. The minimum absolute atomic E-state index is 0.00851. The molecule has 0 bridgehead atoms. The maximum atomic E-state index is 13.7. The number of nitrogens with zero attached hydrogens (tertiary/aromatic N) is 1. The molecule has 1 saturated heterocycles. The van der Waals surface area contributed by atoms with Crippen LogP contribution in [0.3, 0.4) is 0 Å². The van der Waals surface area contributed by atoms with Gasteiger partial charge in [0.1, 0.15) is 5.78 Å². The normalized spacial score (nSPS) is 24.6. The molecule has 3 nitrogen and oxygen atoms in total. The lowest BCUT2D eigenvalue weighted by atomic mass is 9.69. The fraction of sp³-hybridized carbons (Fsp3) is 0.440. The second-order valence-electron chi connectivity index (χ2n) is 8.18. The predicted octanol–water partition coefficient (Wildman–Crippen LogP) is 5.36. The second kappa shape index (κ2) is 8.72. The molecule has 2 aliphatic rings. The molecule has 146 valence electrons. The molecule has 2 aromatic carbocycles. The number of ketones is 1. The van der Waals surface area contributed by atoms with E-state index < -0.39 is 0 Å². The number of hydrogen-bond donors (Lipinski definition) is 0. The van der Waals surface area contributed by atoms with Crippen LogP contribution in [0.1, 0.15) is 56.4 Å². The molecule has 0 aromatic heterocycles. The topological polar surface area (TPSA) is 37.4 Å². The van der Waals surface area contributed by atoms with Gasteiger partial charge in [0.2, 0.25) is 5.91 Å². The number of anilines is 1. The van der Waals surface area contributed by atoms with E-state index in [0.717, 1.165) is 56.3 Å². The van der Waals surface area contributed by atoms with Crippen LogP contribution in [0.2, 0.25) is 0 Å². The average molecular weight is 376 g/mol. The van der Waals surface area contributed by atoms with Crippen LogP contribution < -0.4 is 4.90 Å². The minimum Gasteiger partial charge on any atom is -0.312 e. The maximum Gasteiger partial charge on any atom is 0.230 e. The molecule has 2 fully saturated rings. The van der Waals surface area contributed by atoms with Gasteiger partial charge in [-0.3, -0.25) is 9.59 Å². The van der Waals surface area contributed by atoms with E-state index in [1.807, 2.05) is 53.4 Å². The molecule has 3 atom stereocenters. The van der Waals surface area contributed by atoms with Crippen LogP contribution in [-0.2, 0) is 9.59 Å². The number of Topliss-reactive ketones (excluding diaryl/α,β-unsaturated/α-hetero) is 1. The highest BCUT2D eigenvalue weighted by Gasteiger charge is 2.41. The first-order valence-electron chi connectivity index (χ1n) is 10.7. The Morgan fingerprint density at radius 2 is 1.39 bits per heavy atom. The highest BCUT2D eigenvalue weighted by molar-refractivity contribution is 5.96. The van der Waals surface area contributed by atoms with Crippen molar-refractivity contribution in [3.63, 3.8) is 0 Å². The summed E-state index contributed by atoms with van der Waals surface area (Å²) in [5.74, 6) is 0.378. The third-order valence-corrected chi connectivity index (χ3v) is 6.45. The Kier molecular flexibility index (Phi) is 5.90. The van der Waals surface area contributed by atoms with Crippen molar-refractivity contribution < 1.29 is 9.59 Å². The molecule has 4 rings (SSSR count). The predicted molar refractivity (Wildman–Crippen MR) is 112 cm³/mol. The van der Waals surface area contributed by atoms with Crippen molar-refractivity contribution in [3.8, 4) is 0 Å². The standard InChI is InChI=1S/C25H29NO2/c27-23-17-8-7-15-21(23)24(19-11-3-1-4-12-19)22-16-9-10-18-26(25(22)28)20-13-5-2-6-14-20/h1-6,11-14,21-22,24H,7-10,15-18H2. The second-order valence-corrected chi connectivity index (χ2v) is 8.18. The lowest BCUT2D eigenvalue weighted by molar-refractivity contribution is -0.128. The largest absolute Gasteiger partial charge is 0.312 e. The molecule has 28 heavy (non-hydrogen) atoms. The van der Waals surface area contributed by atoms with Crippen molar-refractivity contribution in [2.75, 3.05) is 11.4 Å². The monoisotopic (exact) mass is 375 g/mol. The number of benzene rings is 2. The van der Waals surface area contributed by atoms with Crippen molar-refractivity contribution in [2.45, 2.75) is 50.9 Å². The van der Waals surface area contributed by atoms with Gasteiger partial charge in [0.05, 0.1) is 0 Å². The van der Waals surface area contributed by atoms with E-state index in [-0.39, 0.29) is 23.7 Å². The Hall–Kier alpha value is -2.42. The Morgan fingerprint density at radius 3 is 2.11 bits per heavy atom. The number of hydrogen-bond acceptors (Lipinski definition) is 2. The van der Waals surface area contributed by atoms with E-state index >= 15 is 0 Å². The maximum absolute atomic E-state index is 13.7. The summed E-state index contributed by atoms with van der Waals surface area (Å²) >= 11 is 0. The molecule has 0 spiro atoms. The zero-order valence-electron chi connectivity index (χ0n) is 16.4. The number of rotatable bonds is 4.